The van der Waals surface area contributed by atoms with Crippen molar-refractivity contribution in [2.45, 2.75) is 6.92 Å². The fraction of sp³-hybridized carbons (Fsp3) is 0.167. The molecule has 0 saturated heterocycles. The lowest BCUT2D eigenvalue weighted by atomic mass is 10.2. The van der Waals surface area contributed by atoms with Crippen LogP contribution >= 0.6 is 31.9 Å². The summed E-state index contributed by atoms with van der Waals surface area (Å²) in [6, 6.07) is 8.58. The third-order valence-electron chi connectivity index (χ3n) is 3.29. The van der Waals surface area contributed by atoms with Crippen molar-refractivity contribution in [3.8, 4) is 17.2 Å². The number of benzene rings is 2. The van der Waals surface area contributed by atoms with Gasteiger partial charge in [-0.1, -0.05) is 6.07 Å². The van der Waals surface area contributed by atoms with E-state index in [-0.39, 0.29) is 18.1 Å². The lowest BCUT2D eigenvalue weighted by Crippen LogP contribution is -2.18. The molecule has 0 aromatic heterocycles. The monoisotopic (exact) mass is 499 g/mol. The average Bonchev–Trinajstić information content (AvgIpc) is 2.61. The van der Waals surface area contributed by atoms with E-state index >= 15 is 0 Å². The zero-order valence-electron chi connectivity index (χ0n) is 14.4. The van der Waals surface area contributed by atoms with Gasteiger partial charge in [-0.05, 0) is 74.2 Å². The molecular formula is C18H15Br2NO6. The predicted molar refractivity (Wildman–Crippen MR) is 107 cm³/mol. The molecule has 0 unspecified atom stereocenters. The molecule has 7 nitrogen and oxygen atoms in total. The molecule has 142 valence electrons. The molecule has 0 saturated carbocycles. The van der Waals surface area contributed by atoms with Crippen LogP contribution in [0.4, 0.5) is 0 Å². The SMILES string of the molecule is COc1cc(C=C[N+](=O)[O-])cc(Br)c1OC(=O)COc1ccc(C)cc1Br. The lowest BCUT2D eigenvalue weighted by molar-refractivity contribution is -0.400. The summed E-state index contributed by atoms with van der Waals surface area (Å²) in [5.74, 6) is 0.295. The number of carbonyl (C=O) groups is 1. The van der Waals surface area contributed by atoms with Gasteiger partial charge in [0.1, 0.15) is 5.75 Å². The van der Waals surface area contributed by atoms with Crippen LogP contribution in [-0.4, -0.2) is 24.6 Å². The largest absolute Gasteiger partial charge is 0.493 e. The van der Waals surface area contributed by atoms with Gasteiger partial charge in [0.2, 0.25) is 6.20 Å². The minimum absolute atomic E-state index is 0.160. The molecule has 0 amide bonds. The minimum Gasteiger partial charge on any atom is -0.493 e. The van der Waals surface area contributed by atoms with E-state index in [1.54, 1.807) is 12.1 Å². The second-order valence-corrected chi connectivity index (χ2v) is 7.04. The van der Waals surface area contributed by atoms with Crippen molar-refractivity contribution in [1.29, 1.82) is 0 Å². The third kappa shape index (κ3) is 6.07. The molecule has 0 fully saturated rings. The van der Waals surface area contributed by atoms with E-state index in [4.69, 9.17) is 14.2 Å². The smallest absolute Gasteiger partial charge is 0.349 e. The number of rotatable bonds is 7. The highest BCUT2D eigenvalue weighted by molar-refractivity contribution is 9.10. The molecule has 2 aromatic carbocycles. The summed E-state index contributed by atoms with van der Waals surface area (Å²) in [5.41, 5.74) is 1.56. The number of aryl methyl sites for hydroxylation is 1. The normalized spacial score (nSPS) is 10.7. The first-order valence-electron chi connectivity index (χ1n) is 7.59. The quantitative estimate of drug-likeness (QED) is 0.236. The van der Waals surface area contributed by atoms with Crippen LogP contribution in [-0.2, 0) is 4.79 Å². The summed E-state index contributed by atoms with van der Waals surface area (Å²) in [4.78, 5) is 22.0. The Morgan fingerprint density at radius 3 is 2.56 bits per heavy atom. The highest BCUT2D eigenvalue weighted by Gasteiger charge is 2.16. The maximum absolute atomic E-state index is 12.1. The Kier molecular flexibility index (Phi) is 7.37. The summed E-state index contributed by atoms with van der Waals surface area (Å²) in [6.07, 6.45) is 2.11. The maximum Gasteiger partial charge on any atom is 0.349 e. The minimum atomic E-state index is -0.630. The van der Waals surface area contributed by atoms with Gasteiger partial charge in [-0.25, -0.2) is 4.79 Å². The molecule has 2 rings (SSSR count). The molecule has 0 aliphatic carbocycles. The molecule has 0 N–H and O–H groups in total. The van der Waals surface area contributed by atoms with Gasteiger partial charge in [-0.15, -0.1) is 0 Å². The van der Waals surface area contributed by atoms with Gasteiger partial charge in [0.15, 0.2) is 18.1 Å². The van der Waals surface area contributed by atoms with Gasteiger partial charge in [0.25, 0.3) is 0 Å². The Balaban J connectivity index is 2.11. The third-order valence-corrected chi connectivity index (χ3v) is 4.50. The zero-order chi connectivity index (χ0) is 20.0. The highest BCUT2D eigenvalue weighted by Crippen LogP contribution is 2.37. The Hall–Kier alpha value is -2.39. The van der Waals surface area contributed by atoms with Crippen LogP contribution in [0.2, 0.25) is 0 Å². The van der Waals surface area contributed by atoms with E-state index in [1.165, 1.54) is 19.3 Å². The molecule has 0 aliphatic heterocycles. The van der Waals surface area contributed by atoms with Crippen LogP contribution in [0, 0.1) is 17.0 Å². The zero-order valence-corrected chi connectivity index (χ0v) is 17.6. The fourth-order valence-corrected chi connectivity index (χ4v) is 3.23. The summed E-state index contributed by atoms with van der Waals surface area (Å²) < 4.78 is 17.1. The van der Waals surface area contributed by atoms with Crippen LogP contribution < -0.4 is 14.2 Å². The topological polar surface area (TPSA) is 87.9 Å². The van der Waals surface area contributed by atoms with E-state index in [9.17, 15) is 14.9 Å². The maximum atomic E-state index is 12.1. The molecule has 0 bridgehead atoms. The standard InChI is InChI=1S/C18H15Br2NO6/c1-11-3-4-15(13(19)7-11)26-10-17(22)27-18-14(20)8-12(5-6-21(23)24)9-16(18)25-2/h3-9H,10H2,1-2H3. The van der Waals surface area contributed by atoms with Gasteiger partial charge in [-0.3, -0.25) is 10.1 Å². The first-order chi connectivity index (χ1) is 12.8. The van der Waals surface area contributed by atoms with E-state index in [1.807, 2.05) is 19.1 Å². The fourth-order valence-electron chi connectivity index (χ4n) is 2.08. The number of methoxy groups -OCH3 is 1. The number of carbonyl (C=O) groups excluding carboxylic acids is 1. The van der Waals surface area contributed by atoms with Crippen molar-refractivity contribution in [3.05, 3.63) is 66.7 Å². The van der Waals surface area contributed by atoms with Crippen LogP contribution in [0.3, 0.4) is 0 Å². The highest BCUT2D eigenvalue weighted by atomic mass is 79.9. The van der Waals surface area contributed by atoms with Crippen LogP contribution in [0.15, 0.2) is 45.5 Å². The van der Waals surface area contributed by atoms with Crippen molar-refractivity contribution in [2.24, 2.45) is 0 Å². The van der Waals surface area contributed by atoms with Crippen molar-refractivity contribution in [2.75, 3.05) is 13.7 Å². The Morgan fingerprint density at radius 2 is 1.93 bits per heavy atom. The predicted octanol–water partition coefficient (Wildman–Crippen LogP) is 4.76. The Bertz CT molecular complexity index is 898. The van der Waals surface area contributed by atoms with Gasteiger partial charge in [0.05, 0.1) is 21.0 Å². The van der Waals surface area contributed by atoms with Gasteiger partial charge in [-0.2, -0.15) is 0 Å². The van der Waals surface area contributed by atoms with E-state index in [2.05, 4.69) is 31.9 Å². The number of hydrogen-bond acceptors (Lipinski definition) is 6. The van der Waals surface area contributed by atoms with E-state index < -0.39 is 10.9 Å². The molecule has 0 spiro atoms. The summed E-state index contributed by atoms with van der Waals surface area (Å²) in [6.45, 7) is 1.64. The Labute approximate surface area is 172 Å². The summed E-state index contributed by atoms with van der Waals surface area (Å²) >= 11 is 6.65. The van der Waals surface area contributed by atoms with E-state index in [0.717, 1.165) is 16.2 Å². The van der Waals surface area contributed by atoms with Crippen LogP contribution in [0.1, 0.15) is 11.1 Å². The van der Waals surface area contributed by atoms with Crippen LogP contribution in [0.25, 0.3) is 6.08 Å². The number of nitro groups is 1. The number of nitrogens with zero attached hydrogens (tertiary/aromatic N) is 1. The molecule has 2 aromatic rings. The first-order valence-corrected chi connectivity index (χ1v) is 9.17. The molecule has 0 heterocycles. The van der Waals surface area contributed by atoms with Crippen molar-refractivity contribution >= 4 is 43.9 Å². The van der Waals surface area contributed by atoms with Crippen LogP contribution in [0.5, 0.6) is 17.2 Å². The second-order valence-electron chi connectivity index (χ2n) is 5.33. The first kappa shape index (κ1) is 20.9. The molecule has 27 heavy (non-hydrogen) atoms. The average molecular weight is 501 g/mol. The molecule has 9 heteroatoms. The molecule has 0 radical (unpaired) electrons. The number of hydrogen-bond donors (Lipinski definition) is 0. The van der Waals surface area contributed by atoms with Gasteiger partial charge < -0.3 is 14.2 Å². The lowest BCUT2D eigenvalue weighted by Gasteiger charge is -2.13. The number of halogens is 2. The molecule has 0 aliphatic rings. The molecule has 0 atom stereocenters. The van der Waals surface area contributed by atoms with Gasteiger partial charge in [0, 0.05) is 6.08 Å². The Morgan fingerprint density at radius 1 is 1.19 bits per heavy atom. The molecular weight excluding hydrogens is 486 g/mol. The van der Waals surface area contributed by atoms with Crippen molar-refractivity contribution in [1.82, 2.24) is 0 Å². The van der Waals surface area contributed by atoms with E-state index in [0.29, 0.717) is 15.8 Å². The van der Waals surface area contributed by atoms with Gasteiger partial charge >= 0.3 is 5.97 Å². The summed E-state index contributed by atoms with van der Waals surface area (Å²) in [5, 5.41) is 10.4. The van der Waals surface area contributed by atoms with Crippen molar-refractivity contribution in [3.63, 3.8) is 0 Å². The number of esters is 1. The number of ether oxygens (including phenoxy) is 3. The second kappa shape index (κ2) is 9.52. The van der Waals surface area contributed by atoms with Crippen molar-refractivity contribution < 1.29 is 23.9 Å². The summed E-state index contributed by atoms with van der Waals surface area (Å²) in [7, 11) is 1.40.